The molecule has 1 amide bonds. The Hall–Kier alpha value is -5.34. The third kappa shape index (κ3) is 6.12. The summed E-state index contributed by atoms with van der Waals surface area (Å²) in [6.07, 6.45) is -0.788. The number of non-ortho nitro benzene ring substituents is 1. The minimum atomic E-state index is -0.788. The first kappa shape index (κ1) is 29.4. The van der Waals surface area contributed by atoms with E-state index in [-0.39, 0.29) is 11.6 Å². The number of rotatable bonds is 9. The number of nitro benzene ring substituents is 1. The molecule has 3 saturated heterocycles. The zero-order valence-electron chi connectivity index (χ0n) is 24.9. The van der Waals surface area contributed by atoms with Gasteiger partial charge in [-0.05, 0) is 54.1 Å². The summed E-state index contributed by atoms with van der Waals surface area (Å²) in [5.41, 5.74) is 2.09. The Balaban J connectivity index is 1.14. The van der Waals surface area contributed by atoms with Crippen molar-refractivity contribution in [3.63, 3.8) is 0 Å². The number of amides is 1. The van der Waals surface area contributed by atoms with Gasteiger partial charge in [0, 0.05) is 49.7 Å². The van der Waals surface area contributed by atoms with Crippen LogP contribution in [0.1, 0.15) is 11.6 Å². The number of β-lactam (4-membered cyclic amide) rings is 1. The average Bonchev–Trinajstić information content (AvgIpc) is 3.11. The van der Waals surface area contributed by atoms with Crippen LogP contribution in [-0.2, 0) is 14.3 Å². The number of anilines is 5. The van der Waals surface area contributed by atoms with Gasteiger partial charge in [0.2, 0.25) is 23.9 Å². The van der Waals surface area contributed by atoms with Crippen LogP contribution in [0.25, 0.3) is 0 Å². The number of carbonyl (C=O) groups is 1. The van der Waals surface area contributed by atoms with E-state index in [0.29, 0.717) is 81.9 Å². The van der Waals surface area contributed by atoms with E-state index in [0.717, 1.165) is 11.3 Å². The van der Waals surface area contributed by atoms with Crippen LogP contribution < -0.4 is 24.8 Å². The Bertz CT molecular complexity index is 1640. The van der Waals surface area contributed by atoms with E-state index in [1.54, 1.807) is 29.2 Å². The third-order valence-electron chi connectivity index (χ3n) is 8.10. The zero-order valence-corrected chi connectivity index (χ0v) is 24.9. The Morgan fingerprint density at radius 3 is 1.93 bits per heavy atom. The molecule has 3 aliphatic rings. The Kier molecular flexibility index (Phi) is 8.27. The topological polar surface area (TPSA) is 148 Å². The van der Waals surface area contributed by atoms with Crippen LogP contribution in [0.3, 0.4) is 0 Å². The molecule has 4 heterocycles. The van der Waals surface area contributed by atoms with Crippen LogP contribution in [0.4, 0.5) is 34.9 Å². The fourth-order valence-electron chi connectivity index (χ4n) is 5.68. The summed E-state index contributed by atoms with van der Waals surface area (Å²) in [5, 5.41) is 14.6. The van der Waals surface area contributed by atoms with Gasteiger partial charge in [-0.15, -0.1) is 0 Å². The molecule has 1 N–H and O–H groups in total. The smallest absolute Gasteiger partial charge is 0.271 e. The molecule has 0 bridgehead atoms. The fourth-order valence-corrected chi connectivity index (χ4v) is 5.68. The molecule has 1 aromatic heterocycles. The monoisotopic (exact) mass is 624 g/mol. The average molecular weight is 625 g/mol. The molecule has 3 aliphatic heterocycles. The summed E-state index contributed by atoms with van der Waals surface area (Å²) >= 11 is 0. The zero-order chi connectivity index (χ0) is 31.5. The van der Waals surface area contributed by atoms with Crippen LogP contribution in [0.5, 0.6) is 5.75 Å². The molecule has 0 spiro atoms. The van der Waals surface area contributed by atoms with Crippen molar-refractivity contribution in [1.82, 2.24) is 15.0 Å². The summed E-state index contributed by atoms with van der Waals surface area (Å²) in [6.45, 7) is 5.19. The lowest BCUT2D eigenvalue weighted by molar-refractivity contribution is -0.384. The number of aromatic nitrogens is 3. The quantitative estimate of drug-likeness (QED) is 0.164. The summed E-state index contributed by atoms with van der Waals surface area (Å²) in [6, 6.07) is 22.2. The van der Waals surface area contributed by atoms with Crippen molar-refractivity contribution < 1.29 is 23.9 Å². The van der Waals surface area contributed by atoms with Crippen LogP contribution in [-0.4, -0.2) is 84.5 Å². The van der Waals surface area contributed by atoms with Crippen molar-refractivity contribution in [2.75, 3.05) is 72.6 Å². The van der Waals surface area contributed by atoms with E-state index in [2.05, 4.69) is 15.1 Å². The molecule has 2 atom stereocenters. The number of nitrogens with one attached hydrogen (secondary N) is 1. The number of ether oxygens (including phenoxy) is 3. The van der Waals surface area contributed by atoms with E-state index in [4.69, 9.17) is 29.2 Å². The molecule has 14 heteroatoms. The van der Waals surface area contributed by atoms with E-state index >= 15 is 0 Å². The van der Waals surface area contributed by atoms with Crippen molar-refractivity contribution in [3.05, 3.63) is 94.5 Å². The second-order valence-corrected chi connectivity index (χ2v) is 11.0. The maximum Gasteiger partial charge on any atom is 0.271 e. The van der Waals surface area contributed by atoms with Crippen molar-refractivity contribution in [3.8, 4) is 5.75 Å². The molecule has 46 heavy (non-hydrogen) atoms. The third-order valence-corrected chi connectivity index (χ3v) is 8.10. The predicted octanol–water partition coefficient (Wildman–Crippen LogP) is 3.73. The molecule has 4 aromatic rings. The molecule has 3 aromatic carbocycles. The van der Waals surface area contributed by atoms with E-state index in [9.17, 15) is 14.9 Å². The number of benzene rings is 3. The Morgan fingerprint density at radius 1 is 0.783 bits per heavy atom. The lowest BCUT2D eigenvalue weighted by Gasteiger charge is -2.46. The van der Waals surface area contributed by atoms with Gasteiger partial charge in [-0.1, -0.05) is 18.2 Å². The molecule has 0 radical (unpaired) electrons. The van der Waals surface area contributed by atoms with Crippen molar-refractivity contribution in [1.29, 1.82) is 0 Å². The highest BCUT2D eigenvalue weighted by Crippen LogP contribution is 2.42. The molecule has 14 nitrogen and oxygen atoms in total. The van der Waals surface area contributed by atoms with Gasteiger partial charge in [-0.25, -0.2) is 0 Å². The normalized spacial score (nSPS) is 19.8. The molecule has 7 rings (SSSR count). The maximum atomic E-state index is 13.5. The van der Waals surface area contributed by atoms with Crippen LogP contribution in [0.2, 0.25) is 0 Å². The first-order valence-corrected chi connectivity index (χ1v) is 15.1. The standard InChI is InChI=1S/C32H32N8O6/c41-29-28(46-26-4-2-1-3-5-26)27(22-6-10-25(11-7-22)40(42)43)39(29)24-12-8-23(9-13-24)33-30-34-31(37-14-18-44-19-15-37)36-32(35-30)38-16-20-45-21-17-38/h1-13,27-28H,14-21H2,(H,33,34,35,36)/t27-,28+/m1/s1. The van der Waals surface area contributed by atoms with Crippen molar-refractivity contribution in [2.45, 2.75) is 12.1 Å². The first-order chi connectivity index (χ1) is 22.5. The molecular formula is C32H32N8O6. The lowest BCUT2D eigenvalue weighted by Crippen LogP contribution is -2.61. The van der Waals surface area contributed by atoms with Gasteiger partial charge in [0.15, 0.2) is 0 Å². The van der Waals surface area contributed by atoms with E-state index in [1.807, 2.05) is 42.5 Å². The molecule has 0 aliphatic carbocycles. The number of nitro groups is 1. The summed E-state index contributed by atoms with van der Waals surface area (Å²) < 4.78 is 17.1. The second-order valence-electron chi connectivity index (χ2n) is 11.0. The number of morpholine rings is 2. The van der Waals surface area contributed by atoms with E-state index in [1.165, 1.54) is 12.1 Å². The summed E-state index contributed by atoms with van der Waals surface area (Å²) in [4.78, 5) is 44.3. The number of hydrogen-bond acceptors (Lipinski definition) is 12. The largest absolute Gasteiger partial charge is 0.478 e. The van der Waals surface area contributed by atoms with Crippen LogP contribution >= 0.6 is 0 Å². The number of carbonyl (C=O) groups excluding carboxylic acids is 1. The van der Waals surface area contributed by atoms with E-state index < -0.39 is 17.1 Å². The lowest BCUT2D eigenvalue weighted by atomic mass is 9.89. The highest BCUT2D eigenvalue weighted by atomic mass is 16.6. The van der Waals surface area contributed by atoms with Gasteiger partial charge in [-0.2, -0.15) is 15.0 Å². The second kappa shape index (κ2) is 12.9. The van der Waals surface area contributed by atoms with Gasteiger partial charge in [0.05, 0.1) is 31.4 Å². The Morgan fingerprint density at radius 2 is 1.37 bits per heavy atom. The molecule has 0 unspecified atom stereocenters. The van der Waals surface area contributed by atoms with Gasteiger partial charge in [-0.3, -0.25) is 19.8 Å². The highest BCUT2D eigenvalue weighted by molar-refractivity contribution is 6.05. The highest BCUT2D eigenvalue weighted by Gasteiger charge is 2.51. The summed E-state index contributed by atoms with van der Waals surface area (Å²) in [7, 11) is 0. The van der Waals surface area contributed by atoms with Crippen LogP contribution in [0.15, 0.2) is 78.9 Å². The fraction of sp³-hybridized carbons (Fsp3) is 0.312. The van der Waals surface area contributed by atoms with Gasteiger partial charge in [0.25, 0.3) is 11.6 Å². The first-order valence-electron chi connectivity index (χ1n) is 15.1. The molecule has 0 saturated carbocycles. The maximum absolute atomic E-state index is 13.5. The van der Waals surface area contributed by atoms with Gasteiger partial charge >= 0.3 is 0 Å². The molecule has 236 valence electrons. The van der Waals surface area contributed by atoms with Gasteiger partial charge < -0.3 is 29.3 Å². The minimum Gasteiger partial charge on any atom is -0.478 e. The minimum absolute atomic E-state index is 0.0243. The molecular weight excluding hydrogens is 592 g/mol. The SMILES string of the molecule is O=C1[C@@H](Oc2ccccc2)[C@@H](c2ccc([N+](=O)[O-])cc2)N1c1ccc(Nc2nc(N3CCOCC3)nc(N3CCOCC3)n2)cc1. The summed E-state index contributed by atoms with van der Waals surface area (Å²) in [5.74, 6) is 1.93. The van der Waals surface area contributed by atoms with Gasteiger partial charge in [0.1, 0.15) is 11.8 Å². The van der Waals surface area contributed by atoms with Crippen molar-refractivity contribution in [2.24, 2.45) is 0 Å². The Labute approximate surface area is 264 Å². The molecule has 3 fully saturated rings. The number of para-hydroxylation sites is 1. The number of nitrogens with zero attached hydrogens (tertiary/aromatic N) is 7. The van der Waals surface area contributed by atoms with Crippen molar-refractivity contribution >= 4 is 40.8 Å². The number of hydrogen-bond donors (Lipinski definition) is 1. The predicted molar refractivity (Wildman–Crippen MR) is 170 cm³/mol. The van der Waals surface area contributed by atoms with Crippen LogP contribution in [0, 0.1) is 10.1 Å².